The molecule has 0 radical (unpaired) electrons. The first-order valence-electron chi connectivity index (χ1n) is 11.1. The monoisotopic (exact) mass is 453 g/mol. The number of H-pyrrole nitrogens is 1. The number of nitrogens with one attached hydrogen (secondary N) is 2. The summed E-state index contributed by atoms with van der Waals surface area (Å²) in [5, 5.41) is 19.1. The van der Waals surface area contributed by atoms with Gasteiger partial charge in [0.1, 0.15) is 6.61 Å². The Hall–Kier alpha value is -4.39. The summed E-state index contributed by atoms with van der Waals surface area (Å²) in [4.78, 5) is 23.5. The highest BCUT2D eigenvalue weighted by molar-refractivity contribution is 6.01. The van der Waals surface area contributed by atoms with Crippen molar-refractivity contribution in [2.75, 3.05) is 13.2 Å². The van der Waals surface area contributed by atoms with Crippen molar-refractivity contribution in [3.63, 3.8) is 0 Å². The highest BCUT2D eigenvalue weighted by atomic mass is 16.5. The van der Waals surface area contributed by atoms with E-state index >= 15 is 0 Å². The van der Waals surface area contributed by atoms with Crippen LogP contribution in [0, 0.1) is 0 Å². The summed E-state index contributed by atoms with van der Waals surface area (Å²) in [6, 6.07) is 21.9. The molecule has 1 aliphatic carbocycles. The lowest BCUT2D eigenvalue weighted by Gasteiger charge is -2.14. The molecular formula is C27H23N3O4. The van der Waals surface area contributed by atoms with Crippen molar-refractivity contribution in [3.8, 4) is 11.1 Å². The zero-order valence-corrected chi connectivity index (χ0v) is 18.3. The van der Waals surface area contributed by atoms with E-state index in [0.717, 1.165) is 5.56 Å². The Balaban J connectivity index is 1.13. The molecule has 3 N–H and O–H groups in total. The smallest absolute Gasteiger partial charge is 0.407 e. The highest BCUT2D eigenvalue weighted by Crippen LogP contribution is 2.44. The van der Waals surface area contributed by atoms with E-state index in [-0.39, 0.29) is 18.2 Å². The SMILES string of the molecule is O=C(NCCC=Cc1ccc2[nH]nc(C(=O)O)c2c1)OCC1c2ccccc2-c2ccccc21. The van der Waals surface area contributed by atoms with Gasteiger partial charge in [-0.1, -0.05) is 66.7 Å². The topological polar surface area (TPSA) is 104 Å². The standard InChI is InChI=1S/C27H23N3O4/c31-26(32)25-22-15-17(12-13-24(22)29-30-25)7-5-6-14-28-27(33)34-16-23-20-10-3-1-8-18(20)19-9-2-4-11-21(19)23/h1-5,7-13,15,23H,6,14,16H2,(H,28,33)(H,29,30)(H,31,32). The fourth-order valence-corrected chi connectivity index (χ4v) is 4.42. The van der Waals surface area contributed by atoms with Crippen LogP contribution in [-0.4, -0.2) is 40.5 Å². The number of carboxylic acids is 1. The van der Waals surface area contributed by atoms with Crippen LogP contribution in [0.4, 0.5) is 4.79 Å². The van der Waals surface area contributed by atoms with Crippen LogP contribution in [0.5, 0.6) is 0 Å². The zero-order chi connectivity index (χ0) is 23.5. The molecular weight excluding hydrogens is 430 g/mol. The van der Waals surface area contributed by atoms with E-state index in [1.165, 1.54) is 22.3 Å². The van der Waals surface area contributed by atoms with Gasteiger partial charge in [-0.05, 0) is 46.4 Å². The molecule has 1 aromatic heterocycles. The van der Waals surface area contributed by atoms with Gasteiger partial charge in [-0.25, -0.2) is 9.59 Å². The molecule has 7 heteroatoms. The highest BCUT2D eigenvalue weighted by Gasteiger charge is 2.28. The van der Waals surface area contributed by atoms with E-state index in [2.05, 4.69) is 39.8 Å². The third-order valence-electron chi connectivity index (χ3n) is 6.02. The van der Waals surface area contributed by atoms with E-state index < -0.39 is 12.1 Å². The Morgan fingerprint density at radius 2 is 1.74 bits per heavy atom. The van der Waals surface area contributed by atoms with Crippen molar-refractivity contribution in [2.45, 2.75) is 12.3 Å². The van der Waals surface area contributed by atoms with Crippen LogP contribution >= 0.6 is 0 Å². The molecule has 0 unspecified atom stereocenters. The van der Waals surface area contributed by atoms with Gasteiger partial charge in [-0.3, -0.25) is 5.10 Å². The molecule has 0 atom stereocenters. The maximum absolute atomic E-state index is 12.3. The molecule has 0 fully saturated rings. The maximum Gasteiger partial charge on any atom is 0.407 e. The largest absolute Gasteiger partial charge is 0.476 e. The molecule has 0 bridgehead atoms. The van der Waals surface area contributed by atoms with Crippen LogP contribution in [0.3, 0.4) is 0 Å². The van der Waals surface area contributed by atoms with Gasteiger partial charge in [-0.15, -0.1) is 0 Å². The van der Waals surface area contributed by atoms with Gasteiger partial charge in [-0.2, -0.15) is 5.10 Å². The summed E-state index contributed by atoms with van der Waals surface area (Å²) in [5.41, 5.74) is 6.29. The number of carbonyl (C=O) groups excluding carboxylic acids is 1. The zero-order valence-electron chi connectivity index (χ0n) is 18.3. The molecule has 0 aliphatic heterocycles. The molecule has 4 aromatic rings. The number of nitrogens with zero attached hydrogens (tertiary/aromatic N) is 1. The lowest BCUT2D eigenvalue weighted by atomic mass is 9.98. The minimum atomic E-state index is -1.07. The summed E-state index contributed by atoms with van der Waals surface area (Å²) in [6.45, 7) is 0.716. The second-order valence-electron chi connectivity index (χ2n) is 8.13. The number of aromatic carboxylic acids is 1. The van der Waals surface area contributed by atoms with E-state index in [1.807, 2.05) is 42.5 Å². The summed E-state index contributed by atoms with van der Waals surface area (Å²) >= 11 is 0. The minimum Gasteiger partial charge on any atom is -0.476 e. The molecule has 0 spiro atoms. The molecule has 7 nitrogen and oxygen atoms in total. The van der Waals surface area contributed by atoms with Crippen LogP contribution in [0.1, 0.15) is 39.5 Å². The lowest BCUT2D eigenvalue weighted by molar-refractivity contribution is 0.0692. The minimum absolute atomic E-state index is 0.00201. The fraction of sp³-hybridized carbons (Fsp3) is 0.148. The van der Waals surface area contributed by atoms with Gasteiger partial charge < -0.3 is 15.2 Å². The Morgan fingerprint density at radius 1 is 1.03 bits per heavy atom. The first-order chi connectivity index (χ1) is 16.6. The van der Waals surface area contributed by atoms with Crippen molar-refractivity contribution >= 4 is 29.0 Å². The molecule has 1 heterocycles. The van der Waals surface area contributed by atoms with E-state index in [1.54, 1.807) is 12.1 Å². The van der Waals surface area contributed by atoms with Crippen LogP contribution in [0.25, 0.3) is 28.1 Å². The van der Waals surface area contributed by atoms with Gasteiger partial charge in [0.2, 0.25) is 0 Å². The second kappa shape index (κ2) is 9.23. The van der Waals surface area contributed by atoms with Crippen molar-refractivity contribution in [1.29, 1.82) is 0 Å². The molecule has 0 saturated heterocycles. The number of aromatic amines is 1. The van der Waals surface area contributed by atoms with Crippen molar-refractivity contribution in [3.05, 3.63) is 95.2 Å². The molecule has 34 heavy (non-hydrogen) atoms. The predicted octanol–water partition coefficient (Wildman–Crippen LogP) is 5.20. The normalized spacial score (nSPS) is 12.6. The van der Waals surface area contributed by atoms with Crippen molar-refractivity contribution in [1.82, 2.24) is 15.5 Å². The van der Waals surface area contributed by atoms with E-state index in [0.29, 0.717) is 23.9 Å². The number of fused-ring (bicyclic) bond motifs is 4. The number of alkyl carbamates (subject to hydrolysis) is 1. The third kappa shape index (κ3) is 4.15. The Morgan fingerprint density at radius 3 is 2.44 bits per heavy atom. The second-order valence-corrected chi connectivity index (χ2v) is 8.13. The molecule has 0 saturated carbocycles. The summed E-state index contributed by atoms with van der Waals surface area (Å²) in [5.74, 6) is -1.04. The van der Waals surface area contributed by atoms with Gasteiger partial charge >= 0.3 is 12.1 Å². The van der Waals surface area contributed by atoms with Gasteiger partial charge in [0, 0.05) is 17.8 Å². The molecule has 1 amide bonds. The molecule has 170 valence electrons. The van der Waals surface area contributed by atoms with Gasteiger partial charge in [0.15, 0.2) is 5.69 Å². The number of benzene rings is 3. The molecule has 5 rings (SSSR count). The first kappa shape index (κ1) is 21.5. The first-order valence-corrected chi connectivity index (χ1v) is 11.1. The van der Waals surface area contributed by atoms with Crippen molar-refractivity contribution < 1.29 is 19.4 Å². The number of aromatic nitrogens is 2. The quantitative estimate of drug-likeness (QED) is 0.334. The van der Waals surface area contributed by atoms with Crippen LogP contribution in [-0.2, 0) is 4.74 Å². The van der Waals surface area contributed by atoms with Crippen LogP contribution in [0.15, 0.2) is 72.8 Å². The van der Waals surface area contributed by atoms with Crippen molar-refractivity contribution in [2.24, 2.45) is 0 Å². The van der Waals surface area contributed by atoms with Gasteiger partial charge in [0.25, 0.3) is 0 Å². The van der Waals surface area contributed by atoms with Gasteiger partial charge in [0.05, 0.1) is 5.52 Å². The number of ether oxygens (including phenoxy) is 1. The lowest BCUT2D eigenvalue weighted by Crippen LogP contribution is -2.26. The molecule has 1 aliphatic rings. The Kier molecular flexibility index (Phi) is 5.82. The summed E-state index contributed by atoms with van der Waals surface area (Å²) in [7, 11) is 0. The fourth-order valence-electron chi connectivity index (χ4n) is 4.42. The number of hydrogen-bond donors (Lipinski definition) is 3. The number of hydrogen-bond acceptors (Lipinski definition) is 4. The average molecular weight is 453 g/mol. The maximum atomic E-state index is 12.3. The van der Waals surface area contributed by atoms with E-state index in [4.69, 9.17) is 4.74 Å². The Labute approximate surface area is 196 Å². The predicted molar refractivity (Wildman–Crippen MR) is 130 cm³/mol. The molecule has 3 aromatic carbocycles. The van der Waals surface area contributed by atoms with Crippen LogP contribution < -0.4 is 5.32 Å². The summed E-state index contributed by atoms with van der Waals surface area (Å²) in [6.07, 6.45) is 3.98. The van der Waals surface area contributed by atoms with E-state index in [9.17, 15) is 14.7 Å². The number of carbonyl (C=O) groups is 2. The third-order valence-corrected chi connectivity index (χ3v) is 6.02. The van der Waals surface area contributed by atoms with Crippen LogP contribution in [0.2, 0.25) is 0 Å². The number of amides is 1. The summed E-state index contributed by atoms with van der Waals surface area (Å²) < 4.78 is 5.54. The number of rotatable bonds is 7. The number of carboxylic acid groups (broad SMARTS) is 1. The average Bonchev–Trinajstić information content (AvgIpc) is 3.42. The Bertz CT molecular complexity index is 1360.